The average Bonchev–Trinajstić information content (AvgIpc) is 3.72. The van der Waals surface area contributed by atoms with Gasteiger partial charge in [0.05, 0.1) is 35.6 Å². The summed E-state index contributed by atoms with van der Waals surface area (Å²) in [5.74, 6) is 1.81. The van der Waals surface area contributed by atoms with Crippen molar-refractivity contribution >= 4 is 75.2 Å². The lowest BCUT2D eigenvalue weighted by atomic mass is 9.79. The summed E-state index contributed by atoms with van der Waals surface area (Å²) in [6.45, 7) is 24.8. The minimum absolute atomic E-state index is 0.374. The molecule has 8 nitrogen and oxygen atoms in total. The molecule has 11 heteroatoms. The summed E-state index contributed by atoms with van der Waals surface area (Å²) in [6, 6.07) is 50.9. The molecule has 0 aliphatic carbocycles. The molecule has 6 aromatic carbocycles. The highest BCUT2D eigenvalue weighted by atomic mass is 79.9. The van der Waals surface area contributed by atoms with E-state index in [1.54, 1.807) is 0 Å². The molecule has 2 saturated heterocycles. The molecule has 2 fully saturated rings. The topological polar surface area (TPSA) is 61.9 Å². The predicted molar refractivity (Wildman–Crippen MR) is 301 cm³/mol. The highest BCUT2D eigenvalue weighted by Gasteiger charge is 2.52. The van der Waals surface area contributed by atoms with Crippen LogP contribution in [0.25, 0.3) is 0 Å². The second-order valence-electron chi connectivity index (χ2n) is 20.7. The van der Waals surface area contributed by atoms with Crippen LogP contribution in [0.1, 0.15) is 120 Å². The second kappa shape index (κ2) is 23.7. The van der Waals surface area contributed by atoms with Crippen molar-refractivity contribution in [2.45, 2.75) is 144 Å². The van der Waals surface area contributed by atoms with Crippen molar-refractivity contribution in [3.63, 3.8) is 0 Å². The van der Waals surface area contributed by atoms with Gasteiger partial charge in [0.1, 0.15) is 11.5 Å². The van der Waals surface area contributed by atoms with E-state index in [0.717, 1.165) is 106 Å². The first-order chi connectivity index (χ1) is 33.9. The van der Waals surface area contributed by atoms with Gasteiger partial charge in [-0.3, -0.25) is 0 Å². The molecule has 2 aliphatic rings. The number of ether oxygens (including phenoxy) is 2. The fourth-order valence-corrected chi connectivity index (χ4v) is 8.51. The van der Waals surface area contributed by atoms with E-state index >= 15 is 0 Å². The summed E-state index contributed by atoms with van der Waals surface area (Å²) < 4.78 is 37.9. The fourth-order valence-electron chi connectivity index (χ4n) is 8.25. The summed E-state index contributed by atoms with van der Waals surface area (Å²) in [7, 11) is -0.779. The zero-order valence-electron chi connectivity index (χ0n) is 44.1. The third-order valence-electron chi connectivity index (χ3n) is 14.2. The van der Waals surface area contributed by atoms with Crippen LogP contribution in [0.3, 0.4) is 0 Å². The highest BCUT2D eigenvalue weighted by molar-refractivity contribution is 9.10. The van der Waals surface area contributed by atoms with Gasteiger partial charge in [0.25, 0.3) is 0 Å². The van der Waals surface area contributed by atoms with E-state index in [0.29, 0.717) is 0 Å². The Morgan fingerprint density at radius 3 is 0.986 bits per heavy atom. The number of aryl methyl sites for hydroxylation is 1. The molecule has 0 bridgehead atoms. The molecule has 0 amide bonds. The molecule has 0 N–H and O–H groups in total. The first-order valence-corrected chi connectivity index (χ1v) is 26.5. The minimum Gasteiger partial charge on any atom is -0.494 e. The summed E-state index contributed by atoms with van der Waals surface area (Å²) in [5.41, 5.74) is 8.39. The number of halogens is 1. The SMILES string of the molecule is CCCCOc1ccc(N(c2ccc(Br)cc2)c2ccc(OCCCC)cc2)cc1.CCCCc1ccc(N(c2ccc(B3OC(C)(C)C(C)(C)O3)cc2)c2ccc(B3OC(C)(C)C(C)(C)O3)cc2)cc1. The van der Waals surface area contributed by atoms with Crippen LogP contribution in [0, 0.1) is 0 Å². The van der Waals surface area contributed by atoms with Crippen molar-refractivity contribution in [3.8, 4) is 11.5 Å². The van der Waals surface area contributed by atoms with Gasteiger partial charge in [0.15, 0.2) is 0 Å². The van der Waals surface area contributed by atoms with Crippen LogP contribution < -0.4 is 30.2 Å². The minimum atomic E-state index is -0.389. The zero-order valence-corrected chi connectivity index (χ0v) is 45.7. The standard InChI is InChI=1S/C34H45B2NO4.C26H30BrNO2/c1-10-11-12-25-13-19-28(20-14-25)37(29-21-15-26(16-22-29)35-38-31(2,3)32(4,5)39-35)30-23-17-27(18-24-30)36-40-33(6,7)34(8,9)41-36;1-3-5-19-29-25-15-11-23(12-16-25)28(22-9-7-21(27)8-10-22)24-13-17-26(18-14-24)30-20-6-4-2/h13-24H,10-12H2,1-9H3;7-18H,3-6,19-20H2,1-2H3. The molecular weight excluding hydrogens is 946 g/mol. The number of benzene rings is 6. The summed E-state index contributed by atoms with van der Waals surface area (Å²) in [6.07, 6.45) is 7.89. The molecule has 0 atom stereocenters. The van der Waals surface area contributed by atoms with Crippen LogP contribution in [-0.2, 0) is 25.0 Å². The second-order valence-corrected chi connectivity index (χ2v) is 21.6. The van der Waals surface area contributed by atoms with Crippen LogP contribution in [0.4, 0.5) is 34.1 Å². The molecule has 0 saturated carbocycles. The average molecular weight is 1020 g/mol. The quantitative estimate of drug-likeness (QED) is 0.0587. The Morgan fingerprint density at radius 1 is 0.394 bits per heavy atom. The lowest BCUT2D eigenvalue weighted by molar-refractivity contribution is 0.00578. The van der Waals surface area contributed by atoms with Crippen molar-refractivity contribution < 1.29 is 28.1 Å². The maximum Gasteiger partial charge on any atom is 0.494 e. The lowest BCUT2D eigenvalue weighted by Crippen LogP contribution is -2.41. The Labute approximate surface area is 434 Å². The van der Waals surface area contributed by atoms with Crippen LogP contribution in [0.2, 0.25) is 0 Å². The van der Waals surface area contributed by atoms with Crippen LogP contribution in [-0.4, -0.2) is 49.9 Å². The number of rotatable bonds is 19. The zero-order chi connectivity index (χ0) is 50.8. The summed E-state index contributed by atoms with van der Waals surface area (Å²) in [5, 5.41) is 0. The number of hydrogen-bond acceptors (Lipinski definition) is 8. The Hall–Kier alpha value is -5.03. The van der Waals surface area contributed by atoms with Crippen molar-refractivity contribution in [3.05, 3.63) is 156 Å². The molecule has 0 spiro atoms. The number of anilines is 6. The van der Waals surface area contributed by atoms with E-state index in [2.05, 4.69) is 223 Å². The molecule has 374 valence electrons. The monoisotopic (exact) mass is 1020 g/mol. The summed E-state index contributed by atoms with van der Waals surface area (Å²) >= 11 is 3.53. The first kappa shape index (κ1) is 53.8. The van der Waals surface area contributed by atoms with E-state index in [-0.39, 0.29) is 36.6 Å². The van der Waals surface area contributed by atoms with E-state index in [1.165, 1.54) is 18.4 Å². The lowest BCUT2D eigenvalue weighted by Gasteiger charge is -2.32. The maximum atomic E-state index is 6.30. The smallest absolute Gasteiger partial charge is 0.494 e. The van der Waals surface area contributed by atoms with Gasteiger partial charge in [-0.05, 0) is 207 Å². The maximum absolute atomic E-state index is 6.30. The summed E-state index contributed by atoms with van der Waals surface area (Å²) in [4.78, 5) is 4.52. The molecule has 2 aliphatic heterocycles. The van der Waals surface area contributed by atoms with Crippen molar-refractivity contribution in [1.82, 2.24) is 0 Å². The van der Waals surface area contributed by atoms with Crippen LogP contribution in [0.5, 0.6) is 11.5 Å². The number of unbranched alkanes of at least 4 members (excludes halogenated alkanes) is 3. The van der Waals surface area contributed by atoms with Crippen LogP contribution in [0.15, 0.2) is 150 Å². The van der Waals surface area contributed by atoms with Gasteiger partial charge in [-0.2, -0.15) is 0 Å². The fraction of sp³-hybridized carbons (Fsp3) is 0.400. The third kappa shape index (κ3) is 13.3. The van der Waals surface area contributed by atoms with Crippen molar-refractivity contribution in [1.29, 1.82) is 0 Å². The predicted octanol–water partition coefficient (Wildman–Crippen LogP) is 15.4. The Morgan fingerprint density at radius 2 is 0.676 bits per heavy atom. The van der Waals surface area contributed by atoms with Crippen molar-refractivity contribution in [2.24, 2.45) is 0 Å². The van der Waals surface area contributed by atoms with Gasteiger partial charge in [-0.15, -0.1) is 0 Å². The van der Waals surface area contributed by atoms with E-state index in [4.69, 9.17) is 28.1 Å². The Bertz CT molecular complexity index is 2410. The largest absolute Gasteiger partial charge is 0.494 e. The van der Waals surface area contributed by atoms with Gasteiger partial charge < -0.3 is 37.9 Å². The van der Waals surface area contributed by atoms with E-state index < -0.39 is 0 Å². The van der Waals surface area contributed by atoms with Gasteiger partial charge in [0.2, 0.25) is 0 Å². The van der Waals surface area contributed by atoms with Gasteiger partial charge in [0, 0.05) is 38.6 Å². The van der Waals surface area contributed by atoms with Gasteiger partial charge >= 0.3 is 14.2 Å². The Balaban J connectivity index is 0.000000219. The Kier molecular flexibility index (Phi) is 17.9. The molecule has 0 aromatic heterocycles. The van der Waals surface area contributed by atoms with Crippen LogP contribution >= 0.6 is 15.9 Å². The van der Waals surface area contributed by atoms with E-state index in [9.17, 15) is 0 Å². The molecule has 8 rings (SSSR count). The first-order valence-electron chi connectivity index (χ1n) is 25.8. The number of nitrogens with zero attached hydrogens (tertiary/aromatic N) is 2. The molecule has 6 aromatic rings. The van der Waals surface area contributed by atoms with Crippen molar-refractivity contribution in [2.75, 3.05) is 23.0 Å². The third-order valence-corrected chi connectivity index (χ3v) is 14.7. The molecule has 2 heterocycles. The molecule has 0 unspecified atom stereocenters. The normalized spacial score (nSPS) is 16.3. The number of hydrogen-bond donors (Lipinski definition) is 0. The van der Waals surface area contributed by atoms with Gasteiger partial charge in [-0.25, -0.2) is 0 Å². The highest BCUT2D eigenvalue weighted by Crippen LogP contribution is 2.40. The molecule has 0 radical (unpaired) electrons. The molecular formula is C60H75B2BrN2O6. The molecule has 71 heavy (non-hydrogen) atoms. The van der Waals surface area contributed by atoms with Gasteiger partial charge in [-0.1, -0.05) is 92.4 Å². The van der Waals surface area contributed by atoms with E-state index in [1.807, 2.05) is 24.3 Å².